The van der Waals surface area contributed by atoms with Gasteiger partial charge in [-0.2, -0.15) is 0 Å². The van der Waals surface area contributed by atoms with Gasteiger partial charge in [0.1, 0.15) is 6.10 Å². The van der Waals surface area contributed by atoms with Crippen molar-refractivity contribution >= 4 is 15.9 Å². The van der Waals surface area contributed by atoms with Crippen LogP contribution in [0.2, 0.25) is 0 Å². The molecule has 5 nitrogen and oxygen atoms in total. The summed E-state index contributed by atoms with van der Waals surface area (Å²) in [4.78, 5) is 12.1. The van der Waals surface area contributed by atoms with Gasteiger partial charge in [0, 0.05) is 18.9 Å². The number of ether oxygens (including phenoxy) is 2. The van der Waals surface area contributed by atoms with Crippen molar-refractivity contribution < 1.29 is 9.47 Å². The zero-order valence-electron chi connectivity index (χ0n) is 12.1. The molecule has 0 amide bonds. The second kappa shape index (κ2) is 7.07. The lowest BCUT2D eigenvalue weighted by molar-refractivity contribution is 0.0225. The number of benzene rings is 1. The van der Waals surface area contributed by atoms with Crippen molar-refractivity contribution in [1.29, 1.82) is 0 Å². The van der Waals surface area contributed by atoms with E-state index >= 15 is 0 Å². The molecule has 0 aliphatic carbocycles. The first kappa shape index (κ1) is 15.2. The SMILES string of the molecule is O=c1cc(Br)c(OC2CCOCC2)nn1Cc1ccccc1. The molecule has 3 rings (SSSR count). The summed E-state index contributed by atoms with van der Waals surface area (Å²) < 4.78 is 13.3. The Morgan fingerprint density at radius 2 is 2.00 bits per heavy atom. The van der Waals surface area contributed by atoms with E-state index in [0.717, 1.165) is 18.4 Å². The molecule has 2 heterocycles. The van der Waals surface area contributed by atoms with Crippen LogP contribution in [0.25, 0.3) is 0 Å². The first-order valence-electron chi connectivity index (χ1n) is 7.28. The van der Waals surface area contributed by atoms with E-state index in [1.54, 1.807) is 0 Å². The van der Waals surface area contributed by atoms with Crippen molar-refractivity contribution in [2.75, 3.05) is 13.2 Å². The summed E-state index contributed by atoms with van der Waals surface area (Å²) in [6.45, 7) is 1.83. The molecule has 1 aromatic heterocycles. The molecule has 0 spiro atoms. The predicted molar refractivity (Wildman–Crippen MR) is 86.2 cm³/mol. The fourth-order valence-corrected chi connectivity index (χ4v) is 2.72. The van der Waals surface area contributed by atoms with Gasteiger partial charge in [-0.05, 0) is 21.5 Å². The Kier molecular flexibility index (Phi) is 4.90. The average Bonchev–Trinajstić information content (AvgIpc) is 2.54. The average molecular weight is 365 g/mol. The molecule has 0 N–H and O–H groups in total. The zero-order chi connectivity index (χ0) is 15.4. The molecule has 1 aliphatic heterocycles. The number of nitrogens with zero attached hydrogens (tertiary/aromatic N) is 2. The minimum absolute atomic E-state index is 0.0835. The molecule has 1 fully saturated rings. The largest absolute Gasteiger partial charge is 0.472 e. The van der Waals surface area contributed by atoms with Crippen LogP contribution in [0.3, 0.4) is 0 Å². The Hall–Kier alpha value is -1.66. The number of rotatable bonds is 4. The van der Waals surface area contributed by atoms with Gasteiger partial charge >= 0.3 is 0 Å². The highest BCUT2D eigenvalue weighted by molar-refractivity contribution is 9.10. The van der Waals surface area contributed by atoms with Crippen LogP contribution < -0.4 is 10.3 Å². The molecule has 0 atom stereocenters. The van der Waals surface area contributed by atoms with Gasteiger partial charge in [0.25, 0.3) is 5.56 Å². The second-order valence-electron chi connectivity index (χ2n) is 5.21. The third kappa shape index (κ3) is 3.75. The lowest BCUT2D eigenvalue weighted by atomic mass is 10.2. The van der Waals surface area contributed by atoms with Crippen molar-refractivity contribution in [2.45, 2.75) is 25.5 Å². The Morgan fingerprint density at radius 1 is 1.27 bits per heavy atom. The molecule has 0 bridgehead atoms. The topological polar surface area (TPSA) is 53.4 Å². The summed E-state index contributed by atoms with van der Waals surface area (Å²) >= 11 is 3.36. The number of halogens is 1. The van der Waals surface area contributed by atoms with Crippen molar-refractivity contribution in [1.82, 2.24) is 9.78 Å². The quantitative estimate of drug-likeness (QED) is 0.836. The normalized spacial score (nSPS) is 15.7. The molecular weight excluding hydrogens is 348 g/mol. The summed E-state index contributed by atoms with van der Waals surface area (Å²) in [6, 6.07) is 11.3. The fourth-order valence-electron chi connectivity index (χ4n) is 2.35. The van der Waals surface area contributed by atoms with Gasteiger partial charge in [-0.25, -0.2) is 4.68 Å². The summed E-state index contributed by atoms with van der Waals surface area (Å²) in [5.41, 5.74) is 0.867. The Labute approximate surface area is 137 Å². The summed E-state index contributed by atoms with van der Waals surface area (Å²) in [5.74, 6) is 0.461. The van der Waals surface area contributed by atoms with Gasteiger partial charge in [-0.3, -0.25) is 4.79 Å². The van der Waals surface area contributed by atoms with E-state index in [0.29, 0.717) is 30.1 Å². The summed E-state index contributed by atoms with van der Waals surface area (Å²) in [6.07, 6.45) is 1.76. The third-order valence-corrected chi connectivity index (χ3v) is 4.11. The predicted octanol–water partition coefficient (Wildman–Crippen LogP) is 2.61. The van der Waals surface area contributed by atoms with Crippen LogP contribution in [0.5, 0.6) is 5.88 Å². The third-order valence-electron chi connectivity index (χ3n) is 3.54. The Bertz CT molecular complexity index is 682. The van der Waals surface area contributed by atoms with Gasteiger partial charge in [0.05, 0.1) is 24.2 Å². The molecule has 1 aromatic carbocycles. The highest BCUT2D eigenvalue weighted by Crippen LogP contribution is 2.23. The maximum atomic E-state index is 12.1. The highest BCUT2D eigenvalue weighted by atomic mass is 79.9. The van der Waals surface area contributed by atoms with Crippen LogP contribution in [-0.2, 0) is 11.3 Å². The van der Waals surface area contributed by atoms with Crippen LogP contribution in [0.4, 0.5) is 0 Å². The minimum atomic E-state index is -0.157. The molecule has 0 radical (unpaired) electrons. The first-order chi connectivity index (χ1) is 10.7. The van der Waals surface area contributed by atoms with Crippen LogP contribution in [0, 0.1) is 0 Å². The smallest absolute Gasteiger partial charge is 0.268 e. The van der Waals surface area contributed by atoms with Crippen molar-refractivity contribution in [3.8, 4) is 5.88 Å². The van der Waals surface area contributed by atoms with Crippen LogP contribution in [0.15, 0.2) is 45.7 Å². The molecule has 0 saturated carbocycles. The van der Waals surface area contributed by atoms with Crippen LogP contribution >= 0.6 is 15.9 Å². The van der Waals surface area contributed by atoms with E-state index < -0.39 is 0 Å². The maximum Gasteiger partial charge on any atom is 0.268 e. The molecule has 2 aromatic rings. The van der Waals surface area contributed by atoms with Crippen molar-refractivity contribution in [2.24, 2.45) is 0 Å². The monoisotopic (exact) mass is 364 g/mol. The van der Waals surface area contributed by atoms with Gasteiger partial charge in [0.2, 0.25) is 5.88 Å². The van der Waals surface area contributed by atoms with E-state index in [1.165, 1.54) is 10.7 Å². The van der Waals surface area contributed by atoms with Gasteiger partial charge in [-0.15, -0.1) is 5.10 Å². The summed E-state index contributed by atoms with van der Waals surface area (Å²) in [7, 11) is 0. The molecule has 116 valence electrons. The molecular formula is C16H17BrN2O3. The second-order valence-corrected chi connectivity index (χ2v) is 6.06. The number of hydrogen-bond donors (Lipinski definition) is 0. The molecule has 22 heavy (non-hydrogen) atoms. The zero-order valence-corrected chi connectivity index (χ0v) is 13.7. The van der Waals surface area contributed by atoms with E-state index in [9.17, 15) is 4.79 Å². The van der Waals surface area contributed by atoms with Crippen LogP contribution in [-0.4, -0.2) is 29.1 Å². The number of hydrogen-bond acceptors (Lipinski definition) is 4. The van der Waals surface area contributed by atoms with Crippen molar-refractivity contribution in [3.63, 3.8) is 0 Å². The molecule has 1 aliphatic rings. The van der Waals surface area contributed by atoms with E-state index in [-0.39, 0.29) is 11.7 Å². The Morgan fingerprint density at radius 3 is 2.73 bits per heavy atom. The van der Waals surface area contributed by atoms with Gasteiger partial charge in [-0.1, -0.05) is 30.3 Å². The highest BCUT2D eigenvalue weighted by Gasteiger charge is 2.18. The molecule has 6 heteroatoms. The van der Waals surface area contributed by atoms with Gasteiger partial charge < -0.3 is 9.47 Å². The molecule has 0 unspecified atom stereocenters. The minimum Gasteiger partial charge on any atom is -0.472 e. The number of aromatic nitrogens is 2. The van der Waals surface area contributed by atoms with E-state index in [2.05, 4.69) is 21.0 Å². The standard InChI is InChI=1S/C16H17BrN2O3/c17-14-10-15(20)19(11-12-4-2-1-3-5-12)18-16(14)22-13-6-8-21-9-7-13/h1-5,10,13H,6-9,11H2. The summed E-state index contributed by atoms with van der Waals surface area (Å²) in [5, 5.41) is 4.36. The lowest BCUT2D eigenvalue weighted by Gasteiger charge is -2.23. The lowest BCUT2D eigenvalue weighted by Crippen LogP contribution is -2.29. The first-order valence-corrected chi connectivity index (χ1v) is 8.07. The van der Waals surface area contributed by atoms with Gasteiger partial charge in [0.15, 0.2) is 0 Å². The van der Waals surface area contributed by atoms with E-state index in [1.807, 2.05) is 30.3 Å². The van der Waals surface area contributed by atoms with Crippen molar-refractivity contribution in [3.05, 3.63) is 56.8 Å². The fraction of sp³-hybridized carbons (Fsp3) is 0.375. The molecule has 1 saturated heterocycles. The Balaban J connectivity index is 1.81. The van der Waals surface area contributed by atoms with E-state index in [4.69, 9.17) is 9.47 Å². The van der Waals surface area contributed by atoms with Crippen LogP contribution in [0.1, 0.15) is 18.4 Å². The maximum absolute atomic E-state index is 12.1.